The molecule has 3 aromatic rings. The number of hydrogen-bond acceptors (Lipinski definition) is 3. The van der Waals surface area contributed by atoms with Gasteiger partial charge < -0.3 is 10.1 Å². The summed E-state index contributed by atoms with van der Waals surface area (Å²) in [6.45, 7) is 2.54. The molecule has 4 rings (SSSR count). The summed E-state index contributed by atoms with van der Waals surface area (Å²) < 4.78 is 19.7. The lowest BCUT2D eigenvalue weighted by atomic mass is 10.1. The van der Waals surface area contributed by atoms with Crippen LogP contribution in [0.25, 0.3) is 6.08 Å². The minimum absolute atomic E-state index is 0.0672. The molecule has 0 unspecified atom stereocenters. The quantitative estimate of drug-likeness (QED) is 0.360. The van der Waals surface area contributed by atoms with Crippen LogP contribution in [-0.2, 0) is 17.9 Å². The van der Waals surface area contributed by atoms with E-state index in [9.17, 15) is 14.0 Å². The van der Waals surface area contributed by atoms with Gasteiger partial charge in [0, 0.05) is 0 Å². The zero-order valence-corrected chi connectivity index (χ0v) is 18.9. The van der Waals surface area contributed by atoms with Gasteiger partial charge in [-0.05, 0) is 69.9 Å². The monoisotopic (exact) mass is 494 g/mol. The van der Waals surface area contributed by atoms with Gasteiger partial charge in [-0.25, -0.2) is 9.18 Å². The number of nitrogens with one attached hydrogen (secondary N) is 1. The van der Waals surface area contributed by atoms with Crippen molar-refractivity contribution in [1.82, 2.24) is 10.2 Å². The van der Waals surface area contributed by atoms with Crippen LogP contribution in [0.4, 0.5) is 9.18 Å². The van der Waals surface area contributed by atoms with Crippen molar-refractivity contribution in [3.05, 3.63) is 105 Å². The molecule has 1 aliphatic heterocycles. The fourth-order valence-electron chi connectivity index (χ4n) is 3.22. The molecule has 1 heterocycles. The van der Waals surface area contributed by atoms with Crippen molar-refractivity contribution in [2.75, 3.05) is 0 Å². The lowest BCUT2D eigenvalue weighted by molar-refractivity contribution is -0.123. The Bertz CT molecular complexity index is 1190. The lowest BCUT2D eigenvalue weighted by Gasteiger charge is -2.11. The SMILES string of the molecule is Cc1ccc(COc2ccc(/C=C3/NC(=O)N(Cc4ccc(F)cc4)C3=O)cc2Br)cc1. The molecule has 32 heavy (non-hydrogen) atoms. The van der Waals surface area contributed by atoms with Gasteiger partial charge in [-0.3, -0.25) is 9.69 Å². The normalized spacial score (nSPS) is 14.7. The number of urea groups is 1. The molecule has 5 nitrogen and oxygen atoms in total. The number of amides is 3. The van der Waals surface area contributed by atoms with Crippen molar-refractivity contribution < 1.29 is 18.7 Å². The Morgan fingerprint density at radius 1 is 1.00 bits per heavy atom. The van der Waals surface area contributed by atoms with Crippen LogP contribution in [-0.4, -0.2) is 16.8 Å². The van der Waals surface area contributed by atoms with Crippen LogP contribution < -0.4 is 10.1 Å². The third-order valence-electron chi connectivity index (χ3n) is 5.00. The first kappa shape index (κ1) is 21.8. The largest absolute Gasteiger partial charge is 0.488 e. The molecule has 0 saturated carbocycles. The van der Waals surface area contributed by atoms with Crippen LogP contribution in [0.5, 0.6) is 5.75 Å². The van der Waals surface area contributed by atoms with E-state index < -0.39 is 11.9 Å². The number of nitrogens with zero attached hydrogens (tertiary/aromatic N) is 1. The highest BCUT2D eigenvalue weighted by Crippen LogP contribution is 2.28. The molecular weight excluding hydrogens is 475 g/mol. The Morgan fingerprint density at radius 2 is 1.69 bits per heavy atom. The molecule has 0 aliphatic carbocycles. The van der Waals surface area contributed by atoms with E-state index >= 15 is 0 Å². The van der Waals surface area contributed by atoms with E-state index in [2.05, 4.69) is 21.2 Å². The molecule has 0 spiro atoms. The summed E-state index contributed by atoms with van der Waals surface area (Å²) in [5.41, 5.74) is 3.82. The first-order valence-corrected chi connectivity index (χ1v) is 10.8. The number of aryl methyl sites for hydroxylation is 1. The average molecular weight is 495 g/mol. The second-order valence-corrected chi connectivity index (χ2v) is 8.32. The summed E-state index contributed by atoms with van der Waals surface area (Å²) in [6.07, 6.45) is 1.61. The molecule has 3 aromatic carbocycles. The molecule has 1 aliphatic rings. The first-order valence-electron chi connectivity index (χ1n) is 9.96. The summed E-state index contributed by atoms with van der Waals surface area (Å²) in [5, 5.41) is 2.60. The maximum atomic E-state index is 13.1. The standard InChI is InChI=1S/C25H20BrFN2O3/c1-16-2-4-18(5-3-16)15-32-23-11-8-19(12-21(23)26)13-22-24(30)29(25(31)28-22)14-17-6-9-20(27)10-7-17/h2-13H,14-15H2,1H3,(H,28,31)/b22-13+. The molecular formula is C25H20BrFN2O3. The fraction of sp³-hybridized carbons (Fsp3) is 0.120. The highest BCUT2D eigenvalue weighted by molar-refractivity contribution is 9.10. The van der Waals surface area contributed by atoms with Gasteiger partial charge in [0.1, 0.15) is 23.9 Å². The van der Waals surface area contributed by atoms with Crippen LogP contribution in [0, 0.1) is 12.7 Å². The Morgan fingerprint density at radius 3 is 2.38 bits per heavy atom. The van der Waals surface area contributed by atoms with Gasteiger partial charge >= 0.3 is 6.03 Å². The van der Waals surface area contributed by atoms with E-state index in [0.29, 0.717) is 17.9 Å². The third kappa shape index (κ3) is 5.06. The van der Waals surface area contributed by atoms with Crippen molar-refractivity contribution in [2.24, 2.45) is 0 Å². The summed E-state index contributed by atoms with van der Waals surface area (Å²) in [6, 6.07) is 18.7. The number of imide groups is 1. The van der Waals surface area contributed by atoms with Gasteiger partial charge in [0.15, 0.2) is 0 Å². The maximum absolute atomic E-state index is 13.1. The van der Waals surface area contributed by atoms with Crippen molar-refractivity contribution in [3.8, 4) is 5.75 Å². The van der Waals surface area contributed by atoms with Gasteiger partial charge in [0.25, 0.3) is 5.91 Å². The molecule has 3 amide bonds. The molecule has 0 aromatic heterocycles. The minimum atomic E-state index is -0.511. The van der Waals surface area contributed by atoms with Crippen molar-refractivity contribution in [1.29, 1.82) is 0 Å². The lowest BCUT2D eigenvalue weighted by Crippen LogP contribution is -2.30. The van der Waals surface area contributed by atoms with Gasteiger partial charge in [-0.1, -0.05) is 48.0 Å². The summed E-state index contributed by atoms with van der Waals surface area (Å²) in [5.74, 6) is -0.133. The highest BCUT2D eigenvalue weighted by atomic mass is 79.9. The van der Waals surface area contributed by atoms with E-state index in [-0.39, 0.29) is 18.1 Å². The van der Waals surface area contributed by atoms with Crippen molar-refractivity contribution >= 4 is 33.9 Å². The van der Waals surface area contributed by atoms with E-state index in [1.165, 1.54) is 17.7 Å². The molecule has 0 radical (unpaired) electrons. The first-order chi connectivity index (χ1) is 15.4. The van der Waals surface area contributed by atoms with Crippen LogP contribution in [0.3, 0.4) is 0 Å². The maximum Gasteiger partial charge on any atom is 0.329 e. The second kappa shape index (κ2) is 9.36. The summed E-state index contributed by atoms with van der Waals surface area (Å²) in [7, 11) is 0. The van der Waals surface area contributed by atoms with Gasteiger partial charge in [-0.2, -0.15) is 0 Å². The molecule has 0 atom stereocenters. The number of benzene rings is 3. The molecule has 1 saturated heterocycles. The number of rotatable bonds is 6. The summed E-state index contributed by atoms with van der Waals surface area (Å²) in [4.78, 5) is 26.0. The Balaban J connectivity index is 1.44. The van der Waals surface area contributed by atoms with Crippen molar-refractivity contribution in [3.63, 3.8) is 0 Å². The zero-order chi connectivity index (χ0) is 22.7. The predicted octanol–water partition coefficient (Wildman–Crippen LogP) is 5.57. The van der Waals surface area contributed by atoms with Crippen LogP contribution >= 0.6 is 15.9 Å². The molecule has 1 fully saturated rings. The van der Waals surface area contributed by atoms with E-state index in [0.717, 1.165) is 20.5 Å². The van der Waals surface area contributed by atoms with Gasteiger partial charge in [0.2, 0.25) is 0 Å². The van der Waals surface area contributed by atoms with Crippen LogP contribution in [0.1, 0.15) is 22.3 Å². The van der Waals surface area contributed by atoms with Crippen molar-refractivity contribution in [2.45, 2.75) is 20.1 Å². The van der Waals surface area contributed by atoms with Crippen LogP contribution in [0.15, 0.2) is 76.9 Å². The highest BCUT2D eigenvalue weighted by Gasteiger charge is 2.33. The van der Waals surface area contributed by atoms with Crippen LogP contribution in [0.2, 0.25) is 0 Å². The average Bonchev–Trinajstić information content (AvgIpc) is 3.03. The molecule has 0 bridgehead atoms. The number of halogens is 2. The van der Waals surface area contributed by atoms with Gasteiger partial charge in [0.05, 0.1) is 11.0 Å². The molecule has 1 N–H and O–H groups in total. The van der Waals surface area contributed by atoms with Gasteiger partial charge in [-0.15, -0.1) is 0 Å². The fourth-order valence-corrected chi connectivity index (χ4v) is 3.73. The minimum Gasteiger partial charge on any atom is -0.488 e. The number of hydrogen-bond donors (Lipinski definition) is 1. The van der Waals surface area contributed by atoms with E-state index in [4.69, 9.17) is 4.74 Å². The molecule has 7 heteroatoms. The number of ether oxygens (including phenoxy) is 1. The Labute approximate surface area is 193 Å². The third-order valence-corrected chi connectivity index (χ3v) is 5.62. The summed E-state index contributed by atoms with van der Waals surface area (Å²) >= 11 is 3.50. The molecule has 162 valence electrons. The topological polar surface area (TPSA) is 58.6 Å². The second-order valence-electron chi connectivity index (χ2n) is 7.47. The Hall–Kier alpha value is -3.45. The van der Waals surface area contributed by atoms with E-state index in [1.54, 1.807) is 18.2 Å². The predicted molar refractivity (Wildman–Crippen MR) is 123 cm³/mol. The van der Waals surface area contributed by atoms with E-state index in [1.807, 2.05) is 49.4 Å². The number of carbonyl (C=O) groups is 2. The number of carbonyl (C=O) groups excluding carboxylic acids is 2. The zero-order valence-electron chi connectivity index (χ0n) is 17.3. The Kier molecular flexibility index (Phi) is 6.37. The smallest absolute Gasteiger partial charge is 0.329 e.